The van der Waals surface area contributed by atoms with Crippen molar-refractivity contribution in [1.82, 2.24) is 4.90 Å². The fraction of sp³-hybridized carbons (Fsp3) is 0.429. The van der Waals surface area contributed by atoms with Gasteiger partial charge in [-0.25, -0.2) is 0 Å². The molecule has 1 unspecified atom stereocenters. The van der Waals surface area contributed by atoms with Crippen molar-refractivity contribution in [3.8, 4) is 5.75 Å². The molecule has 0 aromatic heterocycles. The third-order valence-electron chi connectivity index (χ3n) is 3.16. The topological polar surface area (TPSA) is 76.1 Å². The number of carbonyl (C=O) groups is 2. The Balaban J connectivity index is 1.96. The fourth-order valence-electron chi connectivity index (χ4n) is 2.19. The van der Waals surface area contributed by atoms with Crippen molar-refractivity contribution in [1.29, 1.82) is 0 Å². The minimum absolute atomic E-state index is 0.158. The summed E-state index contributed by atoms with van der Waals surface area (Å²) in [5, 5.41) is 9.70. The zero-order chi connectivity index (χ0) is 16.1. The van der Waals surface area contributed by atoms with Gasteiger partial charge in [0.05, 0.1) is 25.7 Å². The summed E-state index contributed by atoms with van der Waals surface area (Å²) < 4.78 is 10.6. The van der Waals surface area contributed by atoms with Gasteiger partial charge in [0.2, 0.25) is 0 Å². The molecule has 0 spiro atoms. The predicted octanol–water partition coefficient (Wildman–Crippen LogP) is 2.07. The smallest absolute Gasteiger partial charge is 0.305 e. The summed E-state index contributed by atoms with van der Waals surface area (Å²) in [5.41, 5.74) is 0. The second kappa shape index (κ2) is 7.67. The number of halogens is 2. The summed E-state index contributed by atoms with van der Waals surface area (Å²) in [4.78, 5) is 24.5. The zero-order valence-electron chi connectivity index (χ0n) is 11.6. The Kier molecular flexibility index (Phi) is 5.88. The molecule has 0 aliphatic carbocycles. The molecule has 22 heavy (non-hydrogen) atoms. The van der Waals surface area contributed by atoms with Crippen LogP contribution in [0.2, 0.25) is 10.0 Å². The van der Waals surface area contributed by atoms with E-state index in [0.717, 1.165) is 0 Å². The number of nitrogens with zero attached hydrogens (tertiary/aromatic N) is 1. The van der Waals surface area contributed by atoms with Crippen LogP contribution in [0.5, 0.6) is 5.75 Å². The minimum Gasteiger partial charge on any atom is -0.484 e. The van der Waals surface area contributed by atoms with Crippen LogP contribution in [-0.4, -0.2) is 54.3 Å². The van der Waals surface area contributed by atoms with Crippen LogP contribution in [0.3, 0.4) is 0 Å². The Bertz CT molecular complexity index is 546. The number of carbonyl (C=O) groups excluding carboxylic acids is 1. The Labute approximate surface area is 137 Å². The molecule has 1 saturated heterocycles. The number of ether oxygens (including phenoxy) is 2. The van der Waals surface area contributed by atoms with E-state index in [-0.39, 0.29) is 25.5 Å². The maximum Gasteiger partial charge on any atom is 0.305 e. The Morgan fingerprint density at radius 3 is 2.64 bits per heavy atom. The van der Waals surface area contributed by atoms with E-state index in [4.69, 9.17) is 37.8 Å². The van der Waals surface area contributed by atoms with Gasteiger partial charge in [-0.15, -0.1) is 0 Å². The van der Waals surface area contributed by atoms with E-state index >= 15 is 0 Å². The average molecular weight is 348 g/mol. The molecular formula is C14H15Cl2NO5. The Morgan fingerprint density at radius 2 is 2.00 bits per heavy atom. The lowest BCUT2D eigenvalue weighted by Gasteiger charge is -2.34. The number of carboxylic acid groups (broad SMARTS) is 1. The van der Waals surface area contributed by atoms with E-state index in [1.165, 1.54) is 4.90 Å². The lowest BCUT2D eigenvalue weighted by Crippen LogP contribution is -2.51. The van der Waals surface area contributed by atoms with Crippen molar-refractivity contribution in [2.45, 2.75) is 12.5 Å². The standard InChI is InChI=1S/C14H15Cl2NO5/c15-9-3-10(16)5-12(4-9)22-8-13(18)17-1-2-21-7-11(17)6-14(19)20/h3-5,11H,1-2,6-8H2,(H,19,20). The van der Waals surface area contributed by atoms with E-state index in [2.05, 4.69) is 0 Å². The highest BCUT2D eigenvalue weighted by Gasteiger charge is 2.29. The molecule has 6 nitrogen and oxygen atoms in total. The summed E-state index contributed by atoms with van der Waals surface area (Å²) in [6.45, 7) is 0.717. The van der Waals surface area contributed by atoms with Gasteiger partial charge in [0, 0.05) is 16.6 Å². The molecule has 120 valence electrons. The highest BCUT2D eigenvalue weighted by Crippen LogP contribution is 2.24. The summed E-state index contributed by atoms with van der Waals surface area (Å²) >= 11 is 11.7. The van der Waals surface area contributed by atoms with Crippen LogP contribution < -0.4 is 4.74 Å². The minimum atomic E-state index is -0.976. The maximum atomic E-state index is 12.2. The molecule has 1 N–H and O–H groups in total. The number of morpholine rings is 1. The van der Waals surface area contributed by atoms with Crippen LogP contribution >= 0.6 is 23.2 Å². The van der Waals surface area contributed by atoms with E-state index < -0.39 is 12.0 Å². The van der Waals surface area contributed by atoms with Crippen molar-refractivity contribution in [2.75, 3.05) is 26.4 Å². The van der Waals surface area contributed by atoms with Gasteiger partial charge in [-0.2, -0.15) is 0 Å². The molecule has 0 radical (unpaired) electrons. The lowest BCUT2D eigenvalue weighted by atomic mass is 10.1. The third-order valence-corrected chi connectivity index (χ3v) is 3.59. The monoisotopic (exact) mass is 347 g/mol. The van der Waals surface area contributed by atoms with Crippen LogP contribution in [0.4, 0.5) is 0 Å². The number of carboxylic acids is 1. The summed E-state index contributed by atoms with van der Waals surface area (Å²) in [7, 11) is 0. The first kappa shape index (κ1) is 16.9. The third kappa shape index (κ3) is 4.76. The molecule has 2 rings (SSSR count). The van der Waals surface area contributed by atoms with Crippen molar-refractivity contribution >= 4 is 35.1 Å². The second-order valence-corrected chi connectivity index (χ2v) is 5.68. The Morgan fingerprint density at radius 1 is 1.32 bits per heavy atom. The number of hydrogen-bond acceptors (Lipinski definition) is 4. The average Bonchev–Trinajstić information content (AvgIpc) is 2.44. The molecule has 0 saturated carbocycles. The van der Waals surface area contributed by atoms with Crippen LogP contribution in [0.25, 0.3) is 0 Å². The number of rotatable bonds is 5. The van der Waals surface area contributed by atoms with Gasteiger partial charge in [-0.05, 0) is 18.2 Å². The number of amides is 1. The predicted molar refractivity (Wildman–Crippen MR) is 80.5 cm³/mol. The van der Waals surface area contributed by atoms with Crippen LogP contribution in [-0.2, 0) is 14.3 Å². The maximum absolute atomic E-state index is 12.2. The van der Waals surface area contributed by atoms with Crippen LogP contribution in [0.15, 0.2) is 18.2 Å². The van der Waals surface area contributed by atoms with Gasteiger partial charge in [0.15, 0.2) is 6.61 Å². The second-order valence-electron chi connectivity index (χ2n) is 4.81. The van der Waals surface area contributed by atoms with E-state index in [1.807, 2.05) is 0 Å². The normalized spacial score (nSPS) is 18.1. The largest absolute Gasteiger partial charge is 0.484 e. The molecule has 1 aromatic carbocycles. The van der Waals surface area contributed by atoms with Crippen LogP contribution in [0.1, 0.15) is 6.42 Å². The fourth-order valence-corrected chi connectivity index (χ4v) is 2.70. The lowest BCUT2D eigenvalue weighted by molar-refractivity contribution is -0.147. The molecule has 1 aromatic rings. The van der Waals surface area contributed by atoms with Crippen molar-refractivity contribution in [3.05, 3.63) is 28.2 Å². The van der Waals surface area contributed by atoms with Gasteiger partial charge in [-0.1, -0.05) is 23.2 Å². The first-order valence-electron chi connectivity index (χ1n) is 6.63. The molecule has 1 amide bonds. The summed E-state index contributed by atoms with van der Waals surface area (Å²) in [6, 6.07) is 4.18. The van der Waals surface area contributed by atoms with Gasteiger partial charge < -0.3 is 19.5 Å². The number of benzene rings is 1. The molecule has 1 heterocycles. The molecular weight excluding hydrogens is 333 g/mol. The molecule has 1 aliphatic rings. The van der Waals surface area contributed by atoms with E-state index in [0.29, 0.717) is 28.9 Å². The molecule has 8 heteroatoms. The molecule has 0 bridgehead atoms. The molecule has 1 atom stereocenters. The zero-order valence-corrected chi connectivity index (χ0v) is 13.1. The summed E-state index contributed by atoms with van der Waals surface area (Å²) in [5.74, 6) is -0.893. The SMILES string of the molecule is O=C(O)CC1COCCN1C(=O)COc1cc(Cl)cc(Cl)c1. The highest BCUT2D eigenvalue weighted by molar-refractivity contribution is 6.34. The van der Waals surface area contributed by atoms with Gasteiger partial charge in [0.25, 0.3) is 5.91 Å². The highest BCUT2D eigenvalue weighted by atomic mass is 35.5. The molecule has 1 fully saturated rings. The van der Waals surface area contributed by atoms with Gasteiger partial charge in [-0.3, -0.25) is 9.59 Å². The van der Waals surface area contributed by atoms with E-state index in [9.17, 15) is 9.59 Å². The first-order chi connectivity index (χ1) is 10.5. The first-order valence-corrected chi connectivity index (χ1v) is 7.39. The van der Waals surface area contributed by atoms with Crippen molar-refractivity contribution < 1.29 is 24.2 Å². The van der Waals surface area contributed by atoms with Gasteiger partial charge in [0.1, 0.15) is 5.75 Å². The van der Waals surface area contributed by atoms with Crippen molar-refractivity contribution in [2.24, 2.45) is 0 Å². The van der Waals surface area contributed by atoms with Crippen LogP contribution in [0, 0.1) is 0 Å². The van der Waals surface area contributed by atoms with Gasteiger partial charge >= 0.3 is 5.97 Å². The quantitative estimate of drug-likeness (QED) is 0.882. The number of aliphatic carboxylic acids is 1. The number of hydrogen-bond donors (Lipinski definition) is 1. The molecule has 1 aliphatic heterocycles. The Hall–Kier alpha value is -1.50. The summed E-state index contributed by atoms with van der Waals surface area (Å²) in [6.07, 6.45) is -0.158. The van der Waals surface area contributed by atoms with E-state index in [1.54, 1.807) is 18.2 Å². The van der Waals surface area contributed by atoms with Crippen molar-refractivity contribution in [3.63, 3.8) is 0 Å².